The van der Waals surface area contributed by atoms with Crippen LogP contribution in [0.1, 0.15) is 51.9 Å². The molecule has 2 heteroatoms. The molecule has 4 rings (SSSR count). The lowest BCUT2D eigenvalue weighted by Crippen LogP contribution is -2.49. The summed E-state index contributed by atoms with van der Waals surface area (Å²) in [6.45, 7) is 2.25. The fraction of sp³-hybridized carbons (Fsp3) is 0.737. The number of carbonyl (C=O) groups excluding carboxylic acids is 1. The van der Waals surface area contributed by atoms with E-state index in [4.69, 9.17) is 0 Å². The third kappa shape index (κ3) is 1.84. The third-order valence-electron chi connectivity index (χ3n) is 7.17. The monoisotopic (exact) mass is 286 g/mol. The van der Waals surface area contributed by atoms with Crippen LogP contribution in [0, 0.1) is 29.1 Å². The van der Waals surface area contributed by atoms with E-state index < -0.39 is 0 Å². The number of rotatable bonds is 1. The van der Waals surface area contributed by atoms with Gasteiger partial charge in [0.05, 0.1) is 6.10 Å². The molecule has 2 fully saturated rings. The summed E-state index contributed by atoms with van der Waals surface area (Å²) in [5.74, 6) is 3.03. The van der Waals surface area contributed by atoms with Gasteiger partial charge in [0.1, 0.15) is 0 Å². The Hall–Kier alpha value is -0.890. The van der Waals surface area contributed by atoms with Crippen LogP contribution in [0.5, 0.6) is 0 Å². The molecule has 0 aromatic rings. The number of ketones is 1. The van der Waals surface area contributed by atoms with Crippen LogP contribution in [0.2, 0.25) is 0 Å². The van der Waals surface area contributed by atoms with Crippen LogP contribution >= 0.6 is 0 Å². The minimum atomic E-state index is -0.238. The zero-order valence-electron chi connectivity index (χ0n) is 12.9. The molecule has 0 bridgehead atoms. The van der Waals surface area contributed by atoms with E-state index in [2.05, 4.69) is 19.1 Å². The summed E-state index contributed by atoms with van der Waals surface area (Å²) < 4.78 is 0. The van der Waals surface area contributed by atoms with E-state index in [1.165, 1.54) is 18.4 Å². The summed E-state index contributed by atoms with van der Waals surface area (Å²) in [6, 6.07) is 0. The number of hydrogen-bond acceptors (Lipinski definition) is 2. The topological polar surface area (TPSA) is 37.3 Å². The van der Waals surface area contributed by atoms with Gasteiger partial charge >= 0.3 is 0 Å². The minimum Gasteiger partial charge on any atom is -0.388 e. The van der Waals surface area contributed by atoms with Crippen molar-refractivity contribution in [2.75, 3.05) is 0 Å². The van der Waals surface area contributed by atoms with Gasteiger partial charge in [-0.1, -0.05) is 24.6 Å². The first-order valence-corrected chi connectivity index (χ1v) is 8.75. The Kier molecular flexibility index (Phi) is 3.15. The van der Waals surface area contributed by atoms with Gasteiger partial charge in [-0.05, 0) is 68.3 Å². The van der Waals surface area contributed by atoms with Crippen molar-refractivity contribution < 1.29 is 9.90 Å². The summed E-state index contributed by atoms with van der Waals surface area (Å²) in [4.78, 5) is 11.7. The Balaban J connectivity index is 1.65. The SMILES string of the molecule is CC[C@]12CC[C@H]3[C@@H](CCC4=CC(=O)CC[C@@H]43)[C@@H]1C=C[C@@H]2O. The second-order valence-electron chi connectivity index (χ2n) is 7.68. The molecule has 0 aromatic heterocycles. The zero-order valence-corrected chi connectivity index (χ0v) is 12.9. The minimum absolute atomic E-state index is 0.118. The van der Waals surface area contributed by atoms with Gasteiger partial charge in [-0.15, -0.1) is 0 Å². The molecule has 2 nitrogen and oxygen atoms in total. The first kappa shape index (κ1) is 13.8. The fourth-order valence-corrected chi connectivity index (χ4v) is 6.07. The van der Waals surface area contributed by atoms with E-state index in [1.807, 2.05) is 6.08 Å². The average molecular weight is 286 g/mol. The van der Waals surface area contributed by atoms with Gasteiger partial charge in [-0.25, -0.2) is 0 Å². The summed E-state index contributed by atoms with van der Waals surface area (Å²) >= 11 is 0. The van der Waals surface area contributed by atoms with E-state index in [9.17, 15) is 9.90 Å². The lowest BCUT2D eigenvalue weighted by Gasteiger charge is -2.54. The van der Waals surface area contributed by atoms with Gasteiger partial charge in [0.2, 0.25) is 0 Å². The zero-order chi connectivity index (χ0) is 14.6. The maximum Gasteiger partial charge on any atom is 0.155 e. The van der Waals surface area contributed by atoms with Crippen molar-refractivity contribution >= 4 is 5.78 Å². The van der Waals surface area contributed by atoms with Crippen LogP contribution in [-0.4, -0.2) is 17.0 Å². The molecule has 114 valence electrons. The van der Waals surface area contributed by atoms with E-state index in [-0.39, 0.29) is 11.5 Å². The smallest absolute Gasteiger partial charge is 0.155 e. The highest BCUT2D eigenvalue weighted by Crippen LogP contribution is 2.61. The molecule has 2 saturated carbocycles. The third-order valence-corrected chi connectivity index (χ3v) is 7.17. The van der Waals surface area contributed by atoms with Crippen LogP contribution in [0.3, 0.4) is 0 Å². The van der Waals surface area contributed by atoms with Crippen molar-refractivity contribution in [3.63, 3.8) is 0 Å². The Bertz CT molecular complexity index is 518. The van der Waals surface area contributed by atoms with E-state index in [0.29, 0.717) is 17.6 Å². The second kappa shape index (κ2) is 4.81. The van der Waals surface area contributed by atoms with Gasteiger partial charge in [0.15, 0.2) is 5.78 Å². The normalized spacial score (nSPS) is 48.4. The number of carbonyl (C=O) groups is 1. The molecule has 4 aliphatic rings. The number of aliphatic hydroxyl groups is 1. The maximum atomic E-state index is 11.7. The van der Waals surface area contributed by atoms with Gasteiger partial charge in [-0.3, -0.25) is 4.79 Å². The first-order chi connectivity index (χ1) is 10.2. The molecule has 21 heavy (non-hydrogen) atoms. The van der Waals surface area contributed by atoms with Crippen molar-refractivity contribution in [3.05, 3.63) is 23.8 Å². The fourth-order valence-electron chi connectivity index (χ4n) is 6.07. The molecule has 0 amide bonds. The van der Waals surface area contributed by atoms with Crippen LogP contribution < -0.4 is 0 Å². The van der Waals surface area contributed by atoms with Crippen molar-refractivity contribution in [1.29, 1.82) is 0 Å². The maximum absolute atomic E-state index is 11.7. The summed E-state index contributed by atoms with van der Waals surface area (Å²) in [5.41, 5.74) is 1.56. The predicted octanol–water partition coefficient (Wildman–Crippen LogP) is 3.66. The van der Waals surface area contributed by atoms with E-state index >= 15 is 0 Å². The predicted molar refractivity (Wildman–Crippen MR) is 82.6 cm³/mol. The van der Waals surface area contributed by atoms with Gasteiger partial charge in [0.25, 0.3) is 0 Å². The van der Waals surface area contributed by atoms with Crippen LogP contribution in [0.4, 0.5) is 0 Å². The van der Waals surface area contributed by atoms with Crippen LogP contribution in [-0.2, 0) is 4.79 Å². The molecular formula is C19H26O2. The number of hydrogen-bond donors (Lipinski definition) is 1. The Morgan fingerprint density at radius 3 is 2.86 bits per heavy atom. The largest absolute Gasteiger partial charge is 0.388 e. The molecule has 0 unspecified atom stereocenters. The Morgan fingerprint density at radius 1 is 1.19 bits per heavy atom. The van der Waals surface area contributed by atoms with Crippen molar-refractivity contribution in [1.82, 2.24) is 0 Å². The molecule has 6 atom stereocenters. The number of aliphatic hydroxyl groups excluding tert-OH is 1. The number of allylic oxidation sites excluding steroid dienone is 3. The molecule has 0 aromatic carbocycles. The van der Waals surface area contributed by atoms with Gasteiger partial charge in [-0.2, -0.15) is 0 Å². The lowest BCUT2D eigenvalue weighted by molar-refractivity contribution is -0.116. The molecule has 0 radical (unpaired) electrons. The second-order valence-corrected chi connectivity index (χ2v) is 7.68. The molecule has 4 aliphatic carbocycles. The van der Waals surface area contributed by atoms with Crippen LogP contribution in [0.25, 0.3) is 0 Å². The molecule has 0 spiro atoms. The highest BCUT2D eigenvalue weighted by molar-refractivity contribution is 5.91. The van der Waals surface area contributed by atoms with Crippen LogP contribution in [0.15, 0.2) is 23.8 Å². The standard InChI is InChI=1S/C19H26O2/c1-2-19-10-9-15-14-6-4-13(20)11-12(14)3-5-16(15)17(19)7-8-18(19)21/h7-8,11,14-18,21H,2-6,9-10H2,1H3/t14-,15+,16+,17-,18-,19-/m0/s1. The molecule has 0 aliphatic heterocycles. The Morgan fingerprint density at radius 2 is 2.05 bits per heavy atom. The molecule has 0 heterocycles. The van der Waals surface area contributed by atoms with Crippen molar-refractivity contribution in [3.8, 4) is 0 Å². The summed E-state index contributed by atoms with van der Waals surface area (Å²) in [5, 5.41) is 10.5. The first-order valence-electron chi connectivity index (χ1n) is 8.75. The van der Waals surface area contributed by atoms with Gasteiger partial charge < -0.3 is 5.11 Å². The lowest BCUT2D eigenvalue weighted by atomic mass is 9.51. The Labute approximate surface area is 127 Å². The molecule has 0 saturated heterocycles. The number of fused-ring (bicyclic) bond motifs is 5. The quantitative estimate of drug-likeness (QED) is 0.747. The highest BCUT2D eigenvalue weighted by atomic mass is 16.3. The van der Waals surface area contributed by atoms with E-state index in [1.54, 1.807) is 0 Å². The average Bonchev–Trinajstić information content (AvgIpc) is 2.84. The van der Waals surface area contributed by atoms with Crippen molar-refractivity contribution in [2.45, 2.75) is 58.0 Å². The molecule has 1 N–H and O–H groups in total. The summed E-state index contributed by atoms with van der Waals surface area (Å²) in [7, 11) is 0. The molecular weight excluding hydrogens is 260 g/mol. The van der Waals surface area contributed by atoms with Crippen molar-refractivity contribution in [2.24, 2.45) is 29.1 Å². The highest BCUT2D eigenvalue weighted by Gasteiger charge is 2.55. The summed E-state index contributed by atoms with van der Waals surface area (Å²) in [6.07, 6.45) is 13.7. The van der Waals surface area contributed by atoms with E-state index in [0.717, 1.165) is 43.9 Å². The van der Waals surface area contributed by atoms with Gasteiger partial charge in [0, 0.05) is 11.8 Å².